The Bertz CT molecular complexity index is 234. The van der Waals surface area contributed by atoms with Crippen molar-refractivity contribution in [3.63, 3.8) is 0 Å². The number of rotatable bonds is 3. The van der Waals surface area contributed by atoms with Crippen molar-refractivity contribution in [1.82, 2.24) is 4.98 Å². The zero-order valence-corrected chi connectivity index (χ0v) is 7.95. The highest BCUT2D eigenvalue weighted by Crippen LogP contribution is 2.07. The van der Waals surface area contributed by atoms with Gasteiger partial charge in [0.1, 0.15) is 0 Å². The summed E-state index contributed by atoms with van der Waals surface area (Å²) in [7, 11) is 1.60. The molecular weight excluding hydrogens is 168 g/mol. The number of pyridine rings is 1. The van der Waals surface area contributed by atoms with Crippen molar-refractivity contribution >= 4 is 0 Å². The summed E-state index contributed by atoms with van der Waals surface area (Å²) in [6, 6.07) is 4.01. The lowest BCUT2D eigenvalue weighted by Gasteiger charge is -2.04. The average Bonchev–Trinajstić information content (AvgIpc) is 2.05. The molecule has 1 rings (SSSR count). The minimum Gasteiger partial charge on any atom is -0.481 e. The van der Waals surface area contributed by atoms with Crippen molar-refractivity contribution in [2.45, 2.75) is 19.4 Å². The van der Waals surface area contributed by atoms with Crippen molar-refractivity contribution in [3.05, 3.63) is 23.9 Å². The Morgan fingerprint density at radius 1 is 1.54 bits per heavy atom. The van der Waals surface area contributed by atoms with Crippen LogP contribution in [0.1, 0.15) is 12.5 Å². The molecule has 1 aromatic heterocycles. The quantitative estimate of drug-likeness (QED) is 0.726. The molecule has 74 valence electrons. The number of methoxy groups -OCH3 is 1. The molecule has 0 saturated heterocycles. The van der Waals surface area contributed by atoms with E-state index in [0.717, 1.165) is 12.0 Å². The molecule has 4 nitrogen and oxygen atoms in total. The van der Waals surface area contributed by atoms with Gasteiger partial charge < -0.3 is 15.9 Å². The SMILES string of the molecule is COc1ccc(C[C@H](C)N)cn1.O. The van der Waals surface area contributed by atoms with Gasteiger partial charge in [0.15, 0.2) is 0 Å². The fraction of sp³-hybridized carbons (Fsp3) is 0.444. The monoisotopic (exact) mass is 184 g/mol. The van der Waals surface area contributed by atoms with Crippen LogP contribution in [0.4, 0.5) is 0 Å². The average molecular weight is 184 g/mol. The zero-order valence-electron chi connectivity index (χ0n) is 7.95. The minimum absolute atomic E-state index is 0. The summed E-state index contributed by atoms with van der Waals surface area (Å²) in [5.41, 5.74) is 6.78. The van der Waals surface area contributed by atoms with Crippen LogP contribution in [0.5, 0.6) is 5.88 Å². The largest absolute Gasteiger partial charge is 0.481 e. The van der Waals surface area contributed by atoms with Crippen LogP contribution in [-0.2, 0) is 6.42 Å². The highest BCUT2D eigenvalue weighted by molar-refractivity contribution is 5.18. The number of hydrogen-bond donors (Lipinski definition) is 1. The molecule has 1 heterocycles. The van der Waals surface area contributed by atoms with Gasteiger partial charge in [-0.15, -0.1) is 0 Å². The van der Waals surface area contributed by atoms with Gasteiger partial charge in [0.25, 0.3) is 0 Å². The van der Waals surface area contributed by atoms with Crippen LogP contribution < -0.4 is 10.5 Å². The molecule has 0 saturated carbocycles. The lowest BCUT2D eigenvalue weighted by Crippen LogP contribution is -2.17. The molecule has 4 heteroatoms. The van der Waals surface area contributed by atoms with E-state index >= 15 is 0 Å². The van der Waals surface area contributed by atoms with E-state index in [-0.39, 0.29) is 11.5 Å². The van der Waals surface area contributed by atoms with Crippen molar-refractivity contribution < 1.29 is 10.2 Å². The lowest BCUT2D eigenvalue weighted by molar-refractivity contribution is 0.397. The first-order chi connectivity index (χ1) is 5.72. The molecule has 0 aliphatic heterocycles. The normalized spacial score (nSPS) is 11.6. The number of aromatic nitrogens is 1. The maximum atomic E-state index is 5.64. The van der Waals surface area contributed by atoms with Gasteiger partial charge in [-0.1, -0.05) is 6.07 Å². The molecule has 1 aromatic rings. The molecule has 0 amide bonds. The van der Waals surface area contributed by atoms with Gasteiger partial charge in [-0.3, -0.25) is 0 Å². The second-order valence-electron chi connectivity index (χ2n) is 2.89. The smallest absolute Gasteiger partial charge is 0.212 e. The number of nitrogens with zero attached hydrogens (tertiary/aromatic N) is 1. The van der Waals surface area contributed by atoms with Crippen LogP contribution in [-0.4, -0.2) is 23.6 Å². The first-order valence-electron chi connectivity index (χ1n) is 3.97. The van der Waals surface area contributed by atoms with Gasteiger partial charge in [0.05, 0.1) is 7.11 Å². The maximum absolute atomic E-state index is 5.64. The molecule has 0 aliphatic rings. The summed E-state index contributed by atoms with van der Waals surface area (Å²) < 4.78 is 4.93. The number of ether oxygens (including phenoxy) is 1. The van der Waals surface area contributed by atoms with Crippen molar-refractivity contribution in [3.8, 4) is 5.88 Å². The molecule has 0 aliphatic carbocycles. The Kier molecular flexibility index (Phi) is 5.03. The third kappa shape index (κ3) is 3.87. The fourth-order valence-electron chi connectivity index (χ4n) is 1.02. The molecule has 0 aromatic carbocycles. The Morgan fingerprint density at radius 3 is 2.62 bits per heavy atom. The Morgan fingerprint density at radius 2 is 2.23 bits per heavy atom. The van der Waals surface area contributed by atoms with Crippen LogP contribution in [0.25, 0.3) is 0 Å². The summed E-state index contributed by atoms with van der Waals surface area (Å²) >= 11 is 0. The zero-order chi connectivity index (χ0) is 8.97. The van der Waals surface area contributed by atoms with Crippen LogP contribution in [0.3, 0.4) is 0 Å². The van der Waals surface area contributed by atoms with Crippen molar-refractivity contribution in [2.75, 3.05) is 7.11 Å². The minimum atomic E-state index is 0. The Hall–Kier alpha value is -1.13. The third-order valence-corrected chi connectivity index (χ3v) is 1.56. The van der Waals surface area contributed by atoms with Gasteiger partial charge in [-0.05, 0) is 18.9 Å². The van der Waals surface area contributed by atoms with Crippen LogP contribution in [0.2, 0.25) is 0 Å². The number of nitrogens with two attached hydrogens (primary N) is 1. The summed E-state index contributed by atoms with van der Waals surface area (Å²) in [6.07, 6.45) is 2.65. The predicted molar refractivity (Wildman–Crippen MR) is 51.8 cm³/mol. The topological polar surface area (TPSA) is 79.6 Å². The van der Waals surface area contributed by atoms with E-state index in [0.29, 0.717) is 5.88 Å². The standard InChI is InChI=1S/C9H14N2O.H2O/c1-7(10)5-8-3-4-9(12-2)11-6-8;/h3-4,6-7H,5,10H2,1-2H3;1H2/t7-;/m0./s1. The van der Waals surface area contributed by atoms with Gasteiger partial charge in [0, 0.05) is 18.3 Å². The highest BCUT2D eigenvalue weighted by atomic mass is 16.5. The molecule has 0 spiro atoms. The molecule has 0 fully saturated rings. The molecule has 13 heavy (non-hydrogen) atoms. The van der Waals surface area contributed by atoms with E-state index in [2.05, 4.69) is 4.98 Å². The van der Waals surface area contributed by atoms with E-state index in [9.17, 15) is 0 Å². The molecule has 0 unspecified atom stereocenters. The van der Waals surface area contributed by atoms with Crippen molar-refractivity contribution in [2.24, 2.45) is 5.73 Å². The molecule has 0 bridgehead atoms. The van der Waals surface area contributed by atoms with E-state index in [1.54, 1.807) is 13.3 Å². The van der Waals surface area contributed by atoms with Crippen LogP contribution >= 0.6 is 0 Å². The van der Waals surface area contributed by atoms with E-state index < -0.39 is 0 Å². The Labute approximate surface area is 78.0 Å². The van der Waals surface area contributed by atoms with Crippen LogP contribution in [0, 0.1) is 0 Å². The summed E-state index contributed by atoms with van der Waals surface area (Å²) in [5.74, 6) is 0.642. The molecule has 0 radical (unpaired) electrons. The van der Waals surface area contributed by atoms with Gasteiger partial charge in [0.2, 0.25) is 5.88 Å². The summed E-state index contributed by atoms with van der Waals surface area (Å²) in [5, 5.41) is 0. The van der Waals surface area contributed by atoms with Gasteiger partial charge >= 0.3 is 0 Å². The fourth-order valence-corrected chi connectivity index (χ4v) is 1.02. The molecule has 4 N–H and O–H groups in total. The highest BCUT2D eigenvalue weighted by Gasteiger charge is 1.98. The second-order valence-corrected chi connectivity index (χ2v) is 2.89. The van der Waals surface area contributed by atoms with Crippen LogP contribution in [0.15, 0.2) is 18.3 Å². The van der Waals surface area contributed by atoms with E-state index in [1.807, 2.05) is 19.1 Å². The van der Waals surface area contributed by atoms with E-state index in [1.165, 1.54) is 0 Å². The summed E-state index contributed by atoms with van der Waals surface area (Å²) in [6.45, 7) is 1.98. The number of hydrogen-bond acceptors (Lipinski definition) is 3. The van der Waals surface area contributed by atoms with E-state index in [4.69, 9.17) is 10.5 Å². The Balaban J connectivity index is 0.00000144. The molecular formula is C9H16N2O2. The summed E-state index contributed by atoms with van der Waals surface area (Å²) in [4.78, 5) is 4.07. The van der Waals surface area contributed by atoms with Gasteiger partial charge in [-0.2, -0.15) is 0 Å². The third-order valence-electron chi connectivity index (χ3n) is 1.56. The first-order valence-corrected chi connectivity index (χ1v) is 3.97. The first kappa shape index (κ1) is 11.9. The second kappa shape index (κ2) is 5.50. The lowest BCUT2D eigenvalue weighted by atomic mass is 10.1. The molecule has 1 atom stereocenters. The van der Waals surface area contributed by atoms with Gasteiger partial charge in [-0.25, -0.2) is 4.98 Å². The maximum Gasteiger partial charge on any atom is 0.212 e. The predicted octanol–water partition coefficient (Wildman–Crippen LogP) is 0.155. The van der Waals surface area contributed by atoms with Crippen molar-refractivity contribution in [1.29, 1.82) is 0 Å².